The van der Waals surface area contributed by atoms with Crippen LogP contribution in [0.15, 0.2) is 47.6 Å². The number of hydrogen-bond acceptors (Lipinski definition) is 2. The molecular weight excluding hydrogens is 269 g/mol. The summed E-state index contributed by atoms with van der Waals surface area (Å²) in [6.07, 6.45) is 1.64. The summed E-state index contributed by atoms with van der Waals surface area (Å²) in [7, 11) is 0. The van der Waals surface area contributed by atoms with Crippen LogP contribution < -0.4 is 4.84 Å². The molecule has 0 bridgehead atoms. The smallest absolute Gasteiger partial charge is 0.160 e. The van der Waals surface area contributed by atoms with Crippen LogP contribution in [0.2, 0.25) is 10.0 Å². The fourth-order valence-corrected chi connectivity index (χ4v) is 1.99. The van der Waals surface area contributed by atoms with Crippen molar-refractivity contribution < 1.29 is 4.84 Å². The number of benzene rings is 2. The Hall–Kier alpha value is -1.51. The minimum Gasteiger partial charge on any atom is -0.357 e. The average molecular weight is 280 g/mol. The fraction of sp³-hybridized carbons (Fsp3) is 0.0714. The van der Waals surface area contributed by atoms with Gasteiger partial charge in [0.25, 0.3) is 0 Å². The third-order valence-electron chi connectivity index (χ3n) is 2.24. The molecule has 2 nitrogen and oxygen atoms in total. The third-order valence-corrected chi connectivity index (χ3v) is 2.67. The van der Waals surface area contributed by atoms with Crippen LogP contribution in [0.3, 0.4) is 0 Å². The topological polar surface area (TPSA) is 21.6 Å². The molecule has 4 heteroatoms. The Morgan fingerprint density at radius 2 is 1.78 bits per heavy atom. The molecule has 0 aromatic heterocycles. The SMILES string of the molecule is Cc1cccc(/C=N/Oc2cc(Cl)cc(Cl)c2)c1. The molecule has 0 unspecified atom stereocenters. The Kier molecular flexibility index (Phi) is 4.24. The summed E-state index contributed by atoms with van der Waals surface area (Å²) in [5.41, 5.74) is 2.15. The van der Waals surface area contributed by atoms with Crippen LogP contribution in [-0.4, -0.2) is 6.21 Å². The molecular formula is C14H11Cl2NO. The van der Waals surface area contributed by atoms with E-state index in [4.69, 9.17) is 28.0 Å². The number of nitrogens with zero attached hydrogens (tertiary/aromatic N) is 1. The van der Waals surface area contributed by atoms with E-state index in [9.17, 15) is 0 Å². The Bertz CT molecular complexity index is 562. The average Bonchev–Trinajstić information content (AvgIpc) is 2.27. The lowest BCUT2D eigenvalue weighted by Crippen LogP contribution is -1.87. The summed E-state index contributed by atoms with van der Waals surface area (Å²) in [4.78, 5) is 5.21. The number of halogens is 2. The fourth-order valence-electron chi connectivity index (χ4n) is 1.48. The van der Waals surface area contributed by atoms with Crippen LogP contribution in [0.5, 0.6) is 5.75 Å². The van der Waals surface area contributed by atoms with Gasteiger partial charge in [-0.1, -0.05) is 58.2 Å². The zero-order valence-corrected chi connectivity index (χ0v) is 11.2. The number of rotatable bonds is 3. The number of oxime groups is 1. The maximum atomic E-state index is 5.85. The molecule has 92 valence electrons. The van der Waals surface area contributed by atoms with Crippen molar-refractivity contribution in [1.29, 1.82) is 0 Å². The van der Waals surface area contributed by atoms with E-state index in [2.05, 4.69) is 5.16 Å². The van der Waals surface area contributed by atoms with Gasteiger partial charge in [0.05, 0.1) is 6.21 Å². The summed E-state index contributed by atoms with van der Waals surface area (Å²) in [6.45, 7) is 2.02. The highest BCUT2D eigenvalue weighted by Crippen LogP contribution is 2.24. The number of aryl methyl sites for hydroxylation is 1. The van der Waals surface area contributed by atoms with E-state index < -0.39 is 0 Å². The zero-order valence-electron chi connectivity index (χ0n) is 9.73. The minimum absolute atomic E-state index is 0.511. The van der Waals surface area contributed by atoms with E-state index in [1.165, 1.54) is 5.56 Å². The molecule has 0 radical (unpaired) electrons. The largest absolute Gasteiger partial charge is 0.357 e. The molecule has 0 heterocycles. The van der Waals surface area contributed by atoms with Crippen LogP contribution >= 0.6 is 23.2 Å². The lowest BCUT2D eigenvalue weighted by Gasteiger charge is -2.00. The van der Waals surface area contributed by atoms with Crippen molar-refractivity contribution in [2.45, 2.75) is 6.92 Å². The van der Waals surface area contributed by atoms with Crippen LogP contribution in [0.1, 0.15) is 11.1 Å². The molecule has 0 aliphatic carbocycles. The zero-order chi connectivity index (χ0) is 13.0. The minimum atomic E-state index is 0.511. The number of hydrogen-bond donors (Lipinski definition) is 0. The van der Waals surface area contributed by atoms with Crippen molar-refractivity contribution in [3.05, 3.63) is 63.6 Å². The first-order valence-electron chi connectivity index (χ1n) is 5.36. The van der Waals surface area contributed by atoms with Gasteiger partial charge in [-0.25, -0.2) is 0 Å². The predicted molar refractivity (Wildman–Crippen MR) is 75.9 cm³/mol. The van der Waals surface area contributed by atoms with Gasteiger partial charge in [-0.2, -0.15) is 0 Å². The van der Waals surface area contributed by atoms with Crippen molar-refractivity contribution in [3.8, 4) is 5.75 Å². The molecule has 0 amide bonds. The quantitative estimate of drug-likeness (QED) is 0.589. The van der Waals surface area contributed by atoms with Crippen molar-refractivity contribution in [1.82, 2.24) is 0 Å². The van der Waals surface area contributed by atoms with Gasteiger partial charge in [0.1, 0.15) is 0 Å². The standard InChI is InChI=1S/C14H11Cl2NO/c1-10-3-2-4-11(5-10)9-17-18-14-7-12(15)6-13(16)8-14/h2-9H,1H3/b17-9+. The molecule has 18 heavy (non-hydrogen) atoms. The van der Waals surface area contributed by atoms with Crippen LogP contribution in [0.25, 0.3) is 0 Å². The Balaban J connectivity index is 2.07. The molecule has 0 fully saturated rings. The lowest BCUT2D eigenvalue weighted by atomic mass is 10.2. The normalized spacial score (nSPS) is 10.8. The summed E-state index contributed by atoms with van der Waals surface area (Å²) < 4.78 is 0. The molecule has 0 N–H and O–H groups in total. The van der Waals surface area contributed by atoms with Gasteiger partial charge in [-0.3, -0.25) is 0 Å². The molecule has 0 atom stereocenters. The summed E-state index contributed by atoms with van der Waals surface area (Å²) >= 11 is 11.7. The Morgan fingerprint density at radius 3 is 2.44 bits per heavy atom. The second kappa shape index (κ2) is 5.89. The molecule has 2 aromatic rings. The molecule has 0 aliphatic heterocycles. The van der Waals surface area contributed by atoms with Gasteiger partial charge in [-0.15, -0.1) is 0 Å². The van der Waals surface area contributed by atoms with Gasteiger partial charge in [0.2, 0.25) is 0 Å². The van der Waals surface area contributed by atoms with Crippen LogP contribution in [0, 0.1) is 6.92 Å². The first-order valence-corrected chi connectivity index (χ1v) is 6.12. The molecule has 2 rings (SSSR count). The predicted octanol–water partition coefficient (Wildman–Crippen LogP) is 4.71. The second-order valence-corrected chi connectivity index (χ2v) is 4.72. The maximum Gasteiger partial charge on any atom is 0.160 e. The van der Waals surface area contributed by atoms with E-state index in [0.717, 1.165) is 5.56 Å². The highest BCUT2D eigenvalue weighted by molar-refractivity contribution is 6.34. The highest BCUT2D eigenvalue weighted by atomic mass is 35.5. The monoisotopic (exact) mass is 279 g/mol. The van der Waals surface area contributed by atoms with E-state index in [1.54, 1.807) is 24.4 Å². The molecule has 0 spiro atoms. The summed E-state index contributed by atoms with van der Waals surface area (Å²) in [5, 5.41) is 4.93. The van der Waals surface area contributed by atoms with Gasteiger partial charge in [-0.05, 0) is 18.6 Å². The molecule has 0 saturated heterocycles. The van der Waals surface area contributed by atoms with Gasteiger partial charge >= 0.3 is 0 Å². The van der Waals surface area contributed by atoms with E-state index >= 15 is 0 Å². The first-order chi connectivity index (χ1) is 8.63. The maximum absolute atomic E-state index is 5.85. The van der Waals surface area contributed by atoms with Crippen LogP contribution in [0.4, 0.5) is 0 Å². The summed E-state index contributed by atoms with van der Waals surface area (Å²) in [5.74, 6) is 0.511. The van der Waals surface area contributed by atoms with Gasteiger partial charge < -0.3 is 4.84 Å². The molecule has 0 aliphatic rings. The second-order valence-electron chi connectivity index (χ2n) is 3.85. The van der Waals surface area contributed by atoms with Gasteiger partial charge in [0.15, 0.2) is 5.75 Å². The first kappa shape index (κ1) is 12.9. The lowest BCUT2D eigenvalue weighted by molar-refractivity contribution is 0.344. The van der Waals surface area contributed by atoms with E-state index in [0.29, 0.717) is 15.8 Å². The van der Waals surface area contributed by atoms with Crippen molar-refractivity contribution in [2.75, 3.05) is 0 Å². The van der Waals surface area contributed by atoms with Crippen molar-refractivity contribution in [3.63, 3.8) is 0 Å². The molecule has 0 saturated carbocycles. The van der Waals surface area contributed by atoms with E-state index in [1.807, 2.05) is 31.2 Å². The van der Waals surface area contributed by atoms with E-state index in [-0.39, 0.29) is 0 Å². The summed E-state index contributed by atoms with van der Waals surface area (Å²) in [6, 6.07) is 12.9. The Labute approximate surface area is 116 Å². The molecule has 2 aromatic carbocycles. The third kappa shape index (κ3) is 3.76. The Morgan fingerprint density at radius 1 is 1.06 bits per heavy atom. The van der Waals surface area contributed by atoms with Crippen LogP contribution in [-0.2, 0) is 0 Å². The highest BCUT2D eigenvalue weighted by Gasteiger charge is 1.98. The van der Waals surface area contributed by atoms with Gasteiger partial charge in [0, 0.05) is 22.2 Å². The van der Waals surface area contributed by atoms with Crippen molar-refractivity contribution in [2.24, 2.45) is 5.16 Å². The van der Waals surface area contributed by atoms with Crippen molar-refractivity contribution >= 4 is 29.4 Å².